The number of benzene rings is 2. The average Bonchev–Trinajstić information content (AvgIpc) is 3.37. The summed E-state index contributed by atoms with van der Waals surface area (Å²) in [4.78, 5) is 56.8. The van der Waals surface area contributed by atoms with Crippen molar-refractivity contribution >= 4 is 74.4 Å². The van der Waals surface area contributed by atoms with Crippen molar-refractivity contribution in [2.75, 3.05) is 18.5 Å². The number of halogens is 4. The largest absolute Gasteiger partial charge is 0.508 e. The van der Waals surface area contributed by atoms with Gasteiger partial charge in [0.1, 0.15) is 5.75 Å². The maximum Gasteiger partial charge on any atom is 0.254 e. The third kappa shape index (κ3) is 4.55. The number of phenolic OH excluding ortho intramolecular Hbond substituents is 1. The van der Waals surface area contributed by atoms with E-state index in [4.69, 9.17) is 34.8 Å². The molecule has 0 radical (unpaired) electrons. The van der Waals surface area contributed by atoms with Crippen LogP contribution in [0.1, 0.15) is 42.7 Å². The molecule has 3 saturated heterocycles. The molecule has 45 heavy (non-hydrogen) atoms. The summed E-state index contributed by atoms with van der Waals surface area (Å²) in [5.74, 6) is -5.08. The second kappa shape index (κ2) is 11.4. The van der Waals surface area contributed by atoms with Crippen LogP contribution in [0.25, 0.3) is 0 Å². The molecule has 2 aromatic carbocycles. The molecule has 12 heteroatoms. The molecule has 7 rings (SSSR count). The molecule has 4 fully saturated rings. The molecule has 236 valence electrons. The van der Waals surface area contributed by atoms with E-state index >= 15 is 0 Å². The zero-order valence-electron chi connectivity index (χ0n) is 24.2. The van der Waals surface area contributed by atoms with Gasteiger partial charge in [-0.3, -0.25) is 33.9 Å². The normalized spacial score (nSPS) is 33.7. The maximum absolute atomic E-state index is 14.3. The van der Waals surface area contributed by atoms with E-state index in [1.54, 1.807) is 0 Å². The SMILES string of the molecule is O=C1[C@H]2[C@H](CC=C3[C@H]2C[C@@]2(Cl)C(=O)N(CBr)C(=O)[C@@]2(Cl)[C@H]3c2cc(Cl)ccc2O)C(=O)N1C1CCN(Cc2ccccc2)CC1. The first-order valence-electron chi connectivity index (χ1n) is 15.1. The summed E-state index contributed by atoms with van der Waals surface area (Å²) in [7, 11) is 0. The molecule has 0 bridgehead atoms. The van der Waals surface area contributed by atoms with E-state index in [9.17, 15) is 24.3 Å². The number of carbonyl (C=O) groups excluding carboxylic acids is 4. The first kappa shape index (κ1) is 31.2. The van der Waals surface area contributed by atoms with Crippen LogP contribution >= 0.6 is 50.7 Å². The van der Waals surface area contributed by atoms with E-state index < -0.39 is 45.2 Å². The Bertz CT molecular complexity index is 1630. The Morgan fingerprint density at radius 1 is 0.933 bits per heavy atom. The van der Waals surface area contributed by atoms with Gasteiger partial charge in [-0.2, -0.15) is 0 Å². The zero-order valence-corrected chi connectivity index (χ0v) is 28.0. The molecular weight excluding hydrogens is 705 g/mol. The number of alkyl halides is 3. The molecule has 5 aliphatic rings. The highest BCUT2D eigenvalue weighted by atomic mass is 79.9. The number of hydrogen-bond acceptors (Lipinski definition) is 6. The number of imide groups is 2. The summed E-state index contributed by atoms with van der Waals surface area (Å²) < 4.78 is 0. The van der Waals surface area contributed by atoms with Crippen molar-refractivity contribution in [3.8, 4) is 5.75 Å². The Kier molecular flexibility index (Phi) is 7.88. The summed E-state index contributed by atoms with van der Waals surface area (Å²) in [6, 6.07) is 14.4. The van der Waals surface area contributed by atoms with Crippen LogP contribution < -0.4 is 0 Å². The average molecular weight is 736 g/mol. The number of aromatic hydroxyl groups is 1. The Balaban J connectivity index is 1.22. The second-order valence-corrected chi connectivity index (χ2v) is 14.9. The number of nitrogens with zero attached hydrogens (tertiary/aromatic N) is 3. The molecular formula is C33H31BrCl3N3O5. The summed E-state index contributed by atoms with van der Waals surface area (Å²) in [5, 5.41) is 11.3. The molecule has 3 aliphatic heterocycles. The van der Waals surface area contributed by atoms with E-state index in [1.165, 1.54) is 28.7 Å². The van der Waals surface area contributed by atoms with Crippen molar-refractivity contribution in [3.63, 3.8) is 0 Å². The molecule has 1 N–H and O–H groups in total. The van der Waals surface area contributed by atoms with Crippen molar-refractivity contribution in [2.24, 2.45) is 17.8 Å². The quantitative estimate of drug-likeness (QED) is 0.191. The maximum atomic E-state index is 14.3. The smallest absolute Gasteiger partial charge is 0.254 e. The number of hydrogen-bond donors (Lipinski definition) is 1. The molecule has 0 spiro atoms. The van der Waals surface area contributed by atoms with Crippen LogP contribution in [0.3, 0.4) is 0 Å². The van der Waals surface area contributed by atoms with Gasteiger partial charge in [-0.1, -0.05) is 69.5 Å². The minimum Gasteiger partial charge on any atom is -0.508 e. The van der Waals surface area contributed by atoms with Crippen molar-refractivity contribution in [3.05, 3.63) is 76.3 Å². The predicted octanol–water partition coefficient (Wildman–Crippen LogP) is 5.42. The molecule has 0 unspecified atom stereocenters. The molecule has 4 amide bonds. The summed E-state index contributed by atoms with van der Waals surface area (Å²) in [6.07, 6.45) is 3.38. The highest BCUT2D eigenvalue weighted by Gasteiger charge is 2.76. The fourth-order valence-corrected chi connectivity index (χ4v) is 10.0. The molecule has 0 aromatic heterocycles. The Morgan fingerprint density at radius 2 is 1.64 bits per heavy atom. The summed E-state index contributed by atoms with van der Waals surface area (Å²) in [6.45, 7) is 2.32. The van der Waals surface area contributed by atoms with E-state index in [-0.39, 0.29) is 47.5 Å². The second-order valence-electron chi connectivity index (χ2n) is 12.7. The van der Waals surface area contributed by atoms with Crippen molar-refractivity contribution in [1.82, 2.24) is 14.7 Å². The predicted molar refractivity (Wildman–Crippen MR) is 173 cm³/mol. The van der Waals surface area contributed by atoms with Gasteiger partial charge in [-0.05, 0) is 55.4 Å². The van der Waals surface area contributed by atoms with E-state index in [0.717, 1.165) is 24.5 Å². The van der Waals surface area contributed by atoms with Crippen LogP contribution in [-0.2, 0) is 25.7 Å². The summed E-state index contributed by atoms with van der Waals surface area (Å²) >= 11 is 24.1. The van der Waals surface area contributed by atoms with Crippen LogP contribution in [0.2, 0.25) is 5.02 Å². The standard InChI is InChI=1S/C33H31BrCl3N3O5/c34-17-39-30(44)32(36)15-24-21(27(33(32,37)31(39)45)23-14-19(35)6-9-25(23)41)7-8-22-26(24)29(43)40(28(22)42)20-10-12-38(13-11-20)16-18-4-2-1-3-5-18/h1-7,9,14,20,22,24,26-27,41H,8,10-13,15-17H2/t22-,24+,26-,27+,32+,33-/m0/s1. The van der Waals surface area contributed by atoms with Crippen molar-refractivity contribution in [1.29, 1.82) is 0 Å². The lowest BCUT2D eigenvalue weighted by Crippen LogP contribution is -2.60. The number of phenols is 1. The highest BCUT2D eigenvalue weighted by Crippen LogP contribution is 2.66. The van der Waals surface area contributed by atoms with Gasteiger partial charge in [0.15, 0.2) is 9.75 Å². The minimum atomic E-state index is -1.99. The van der Waals surface area contributed by atoms with Crippen LogP contribution in [0.5, 0.6) is 5.75 Å². The molecule has 8 nitrogen and oxygen atoms in total. The molecule has 6 atom stereocenters. The fraction of sp³-hybridized carbons (Fsp3) is 0.455. The monoisotopic (exact) mass is 733 g/mol. The first-order chi connectivity index (χ1) is 21.5. The van der Waals surface area contributed by atoms with Crippen molar-refractivity contribution in [2.45, 2.75) is 53.9 Å². The number of allylic oxidation sites excluding steroid dienone is 2. The minimum absolute atomic E-state index is 0.0979. The van der Waals surface area contributed by atoms with E-state index in [0.29, 0.717) is 23.4 Å². The Hall–Kier alpha value is -2.43. The number of amides is 4. The third-order valence-corrected chi connectivity index (χ3v) is 12.7. The number of fused-ring (bicyclic) bond motifs is 4. The lowest BCUT2D eigenvalue weighted by molar-refractivity contribution is -0.144. The lowest BCUT2D eigenvalue weighted by Gasteiger charge is -2.50. The topological polar surface area (TPSA) is 98.2 Å². The van der Waals surface area contributed by atoms with Gasteiger partial charge in [0, 0.05) is 42.2 Å². The number of piperidine rings is 1. The van der Waals surface area contributed by atoms with Crippen LogP contribution in [0.15, 0.2) is 60.2 Å². The van der Waals surface area contributed by atoms with Gasteiger partial charge in [0.2, 0.25) is 11.8 Å². The molecule has 3 heterocycles. The number of rotatable bonds is 5. The number of likely N-dealkylation sites (tertiary alicyclic amines) is 3. The van der Waals surface area contributed by atoms with Gasteiger partial charge in [-0.15, -0.1) is 23.2 Å². The third-order valence-electron chi connectivity index (χ3n) is 10.5. The lowest BCUT2D eigenvalue weighted by atomic mass is 9.56. The fourth-order valence-electron chi connectivity index (χ4n) is 8.42. The van der Waals surface area contributed by atoms with E-state index in [2.05, 4.69) is 33.0 Å². The van der Waals surface area contributed by atoms with Crippen LogP contribution in [0, 0.1) is 17.8 Å². The highest BCUT2D eigenvalue weighted by molar-refractivity contribution is 9.09. The number of carbonyl (C=O) groups is 4. The van der Waals surface area contributed by atoms with Crippen LogP contribution in [-0.4, -0.2) is 77.8 Å². The molecule has 2 aliphatic carbocycles. The Morgan fingerprint density at radius 3 is 2.33 bits per heavy atom. The van der Waals surface area contributed by atoms with Gasteiger partial charge < -0.3 is 5.11 Å². The van der Waals surface area contributed by atoms with Crippen molar-refractivity contribution < 1.29 is 24.3 Å². The Labute approximate surface area is 284 Å². The van der Waals surface area contributed by atoms with Crippen LogP contribution in [0.4, 0.5) is 0 Å². The summed E-state index contributed by atoms with van der Waals surface area (Å²) in [5.41, 5.74) is 1.97. The zero-order chi connectivity index (χ0) is 31.8. The van der Waals surface area contributed by atoms with Gasteiger partial charge >= 0.3 is 0 Å². The first-order valence-corrected chi connectivity index (χ1v) is 17.4. The molecule has 2 aromatic rings. The van der Waals surface area contributed by atoms with Gasteiger partial charge in [-0.25, -0.2) is 0 Å². The van der Waals surface area contributed by atoms with Gasteiger partial charge in [0.05, 0.1) is 17.3 Å². The van der Waals surface area contributed by atoms with E-state index in [1.807, 2.05) is 24.3 Å². The van der Waals surface area contributed by atoms with Gasteiger partial charge in [0.25, 0.3) is 11.8 Å². The molecule has 1 saturated carbocycles.